The molecular weight excluding hydrogens is 259 g/mol. The molecule has 1 aliphatic heterocycles. The highest BCUT2D eigenvalue weighted by molar-refractivity contribution is 5.94. The average Bonchev–Trinajstić information content (AvgIpc) is 2.97. The van der Waals surface area contributed by atoms with Crippen LogP contribution in [0, 0.1) is 23.6 Å². The number of hydrogen-bond donors (Lipinski definition) is 2. The number of amides is 1. The summed E-state index contributed by atoms with van der Waals surface area (Å²) in [5.74, 6) is 4.79. The summed E-state index contributed by atoms with van der Waals surface area (Å²) in [5, 5.41) is 2.73. The van der Waals surface area contributed by atoms with Crippen molar-refractivity contribution in [1.82, 2.24) is 5.32 Å². The summed E-state index contributed by atoms with van der Waals surface area (Å²) in [7, 11) is 0. The molecule has 1 unspecified atom stereocenters. The molecule has 1 heterocycles. The molecule has 3 N–H and O–H groups in total. The lowest BCUT2D eigenvalue weighted by Crippen LogP contribution is -2.30. The standard InChI is InChI=1S/C15H17FN2O2/c16-14-4-3-11(2-1-6-17)8-13(14)15(19)18-9-12-5-7-20-10-12/h3-4,8,12H,5-7,9-10,17H2,(H,18,19). The van der Waals surface area contributed by atoms with E-state index in [-0.39, 0.29) is 12.1 Å². The van der Waals surface area contributed by atoms with Crippen LogP contribution in [0.1, 0.15) is 22.3 Å². The lowest BCUT2D eigenvalue weighted by atomic mass is 10.1. The Labute approximate surface area is 117 Å². The van der Waals surface area contributed by atoms with Gasteiger partial charge >= 0.3 is 0 Å². The molecular formula is C15H17FN2O2. The summed E-state index contributed by atoms with van der Waals surface area (Å²) in [6, 6.07) is 4.21. The van der Waals surface area contributed by atoms with E-state index in [2.05, 4.69) is 17.2 Å². The number of carbonyl (C=O) groups is 1. The van der Waals surface area contributed by atoms with Crippen LogP contribution in [0.4, 0.5) is 4.39 Å². The van der Waals surface area contributed by atoms with Gasteiger partial charge in [0.15, 0.2) is 0 Å². The lowest BCUT2D eigenvalue weighted by Gasteiger charge is -2.10. The summed E-state index contributed by atoms with van der Waals surface area (Å²) < 4.78 is 18.9. The first kappa shape index (κ1) is 14.5. The van der Waals surface area contributed by atoms with E-state index in [0.29, 0.717) is 24.6 Å². The molecule has 106 valence electrons. The second kappa shape index (κ2) is 7.04. The maximum absolute atomic E-state index is 13.7. The van der Waals surface area contributed by atoms with E-state index < -0.39 is 11.7 Å². The molecule has 1 aromatic carbocycles. The van der Waals surface area contributed by atoms with E-state index in [0.717, 1.165) is 13.0 Å². The first-order valence-electron chi connectivity index (χ1n) is 6.55. The van der Waals surface area contributed by atoms with Crippen LogP contribution in [0.3, 0.4) is 0 Å². The summed E-state index contributed by atoms with van der Waals surface area (Å²) in [4.78, 5) is 12.0. The van der Waals surface area contributed by atoms with Crippen molar-refractivity contribution in [2.45, 2.75) is 6.42 Å². The topological polar surface area (TPSA) is 64.4 Å². The van der Waals surface area contributed by atoms with Gasteiger partial charge in [0, 0.05) is 24.6 Å². The second-order valence-corrected chi connectivity index (χ2v) is 4.64. The number of benzene rings is 1. The quantitative estimate of drug-likeness (QED) is 0.806. The molecule has 0 saturated carbocycles. The Balaban J connectivity index is 2.03. The second-order valence-electron chi connectivity index (χ2n) is 4.64. The molecule has 1 saturated heterocycles. The summed E-state index contributed by atoms with van der Waals surface area (Å²) >= 11 is 0. The van der Waals surface area contributed by atoms with Gasteiger partial charge in [0.05, 0.1) is 18.7 Å². The van der Waals surface area contributed by atoms with Crippen molar-refractivity contribution in [3.8, 4) is 11.8 Å². The zero-order valence-electron chi connectivity index (χ0n) is 11.1. The third-order valence-corrected chi connectivity index (χ3v) is 3.12. The zero-order valence-corrected chi connectivity index (χ0v) is 11.1. The molecule has 4 nitrogen and oxygen atoms in total. The highest BCUT2D eigenvalue weighted by Gasteiger charge is 2.18. The smallest absolute Gasteiger partial charge is 0.254 e. The molecule has 1 aromatic rings. The van der Waals surface area contributed by atoms with Crippen molar-refractivity contribution >= 4 is 5.91 Å². The van der Waals surface area contributed by atoms with Crippen LogP contribution in [-0.4, -0.2) is 32.2 Å². The van der Waals surface area contributed by atoms with Gasteiger partial charge in [0.25, 0.3) is 5.91 Å². The Morgan fingerprint density at radius 3 is 3.10 bits per heavy atom. The van der Waals surface area contributed by atoms with Crippen LogP contribution in [0.2, 0.25) is 0 Å². The summed E-state index contributed by atoms with van der Waals surface area (Å²) in [6.07, 6.45) is 0.921. The van der Waals surface area contributed by atoms with E-state index in [1.807, 2.05) is 0 Å². The molecule has 20 heavy (non-hydrogen) atoms. The van der Waals surface area contributed by atoms with Gasteiger partial charge in [-0.25, -0.2) is 4.39 Å². The van der Waals surface area contributed by atoms with Crippen LogP contribution >= 0.6 is 0 Å². The summed E-state index contributed by atoms with van der Waals surface area (Å²) in [6.45, 7) is 2.08. The van der Waals surface area contributed by atoms with Gasteiger partial charge < -0.3 is 15.8 Å². The van der Waals surface area contributed by atoms with E-state index in [1.165, 1.54) is 18.2 Å². The highest BCUT2D eigenvalue weighted by atomic mass is 19.1. The van der Waals surface area contributed by atoms with Crippen LogP contribution < -0.4 is 11.1 Å². The molecule has 2 rings (SSSR count). The third-order valence-electron chi connectivity index (χ3n) is 3.12. The van der Waals surface area contributed by atoms with Gasteiger partial charge in [-0.1, -0.05) is 11.8 Å². The van der Waals surface area contributed by atoms with Gasteiger partial charge in [0.2, 0.25) is 0 Å². The monoisotopic (exact) mass is 276 g/mol. The summed E-state index contributed by atoms with van der Waals surface area (Å²) in [5.41, 5.74) is 5.87. The zero-order chi connectivity index (χ0) is 14.4. The average molecular weight is 276 g/mol. The van der Waals surface area contributed by atoms with Gasteiger partial charge in [0.1, 0.15) is 5.82 Å². The van der Waals surface area contributed by atoms with Gasteiger partial charge in [-0.15, -0.1) is 0 Å². The molecule has 0 aliphatic carbocycles. The van der Waals surface area contributed by atoms with Crippen LogP contribution in [-0.2, 0) is 4.74 Å². The Morgan fingerprint density at radius 1 is 1.55 bits per heavy atom. The van der Waals surface area contributed by atoms with Crippen molar-refractivity contribution in [2.24, 2.45) is 11.7 Å². The maximum atomic E-state index is 13.7. The fourth-order valence-corrected chi connectivity index (χ4v) is 2.01. The Kier molecular flexibility index (Phi) is 5.10. The Hall–Kier alpha value is -1.90. The minimum Gasteiger partial charge on any atom is -0.381 e. The van der Waals surface area contributed by atoms with E-state index in [4.69, 9.17) is 10.5 Å². The first-order chi connectivity index (χ1) is 9.70. The van der Waals surface area contributed by atoms with Crippen LogP contribution in [0.25, 0.3) is 0 Å². The fraction of sp³-hybridized carbons (Fsp3) is 0.400. The number of nitrogens with one attached hydrogen (secondary N) is 1. The lowest BCUT2D eigenvalue weighted by molar-refractivity contribution is 0.0941. The number of hydrogen-bond acceptors (Lipinski definition) is 3. The molecule has 0 aromatic heterocycles. The first-order valence-corrected chi connectivity index (χ1v) is 6.55. The van der Waals surface area contributed by atoms with Crippen molar-refractivity contribution in [1.29, 1.82) is 0 Å². The molecule has 0 bridgehead atoms. The van der Waals surface area contributed by atoms with Gasteiger partial charge in [-0.05, 0) is 24.6 Å². The van der Waals surface area contributed by atoms with E-state index >= 15 is 0 Å². The predicted octanol–water partition coefficient (Wildman–Crippen LogP) is 0.902. The minimum atomic E-state index is -0.552. The molecule has 0 radical (unpaired) electrons. The SMILES string of the molecule is NCC#Cc1ccc(F)c(C(=O)NCC2CCOC2)c1. The van der Waals surface area contributed by atoms with E-state index in [1.54, 1.807) is 0 Å². The largest absolute Gasteiger partial charge is 0.381 e. The fourth-order valence-electron chi connectivity index (χ4n) is 2.01. The van der Waals surface area contributed by atoms with Crippen molar-refractivity contribution in [3.05, 3.63) is 35.1 Å². The Morgan fingerprint density at radius 2 is 2.40 bits per heavy atom. The molecule has 1 fully saturated rings. The maximum Gasteiger partial charge on any atom is 0.254 e. The van der Waals surface area contributed by atoms with Crippen molar-refractivity contribution < 1.29 is 13.9 Å². The van der Waals surface area contributed by atoms with E-state index in [9.17, 15) is 9.18 Å². The van der Waals surface area contributed by atoms with Gasteiger partial charge in [-0.2, -0.15) is 0 Å². The number of nitrogens with two attached hydrogens (primary N) is 1. The molecule has 5 heteroatoms. The van der Waals surface area contributed by atoms with Crippen molar-refractivity contribution in [3.63, 3.8) is 0 Å². The number of rotatable bonds is 3. The number of halogens is 1. The predicted molar refractivity (Wildman–Crippen MR) is 73.6 cm³/mol. The number of carbonyl (C=O) groups excluding carboxylic acids is 1. The van der Waals surface area contributed by atoms with Crippen LogP contribution in [0.5, 0.6) is 0 Å². The molecule has 1 aliphatic rings. The molecule has 0 spiro atoms. The number of ether oxygens (including phenoxy) is 1. The van der Waals surface area contributed by atoms with Crippen LogP contribution in [0.15, 0.2) is 18.2 Å². The normalized spacial score (nSPS) is 17.4. The van der Waals surface area contributed by atoms with Crippen molar-refractivity contribution in [2.75, 3.05) is 26.3 Å². The Bertz CT molecular complexity index is 543. The van der Waals surface area contributed by atoms with Gasteiger partial charge in [-0.3, -0.25) is 4.79 Å². The molecule has 1 amide bonds. The highest BCUT2D eigenvalue weighted by Crippen LogP contribution is 2.13. The minimum absolute atomic E-state index is 0.00716. The third kappa shape index (κ3) is 3.80. The molecule has 1 atom stereocenters.